The highest BCUT2D eigenvalue weighted by atomic mass is 16.2. The fourth-order valence-electron chi connectivity index (χ4n) is 1.60. The molecule has 2 amide bonds. The number of nitrogens with zero attached hydrogens (tertiary/aromatic N) is 2. The minimum absolute atomic E-state index is 0.00560. The molecule has 0 aromatic heterocycles. The maximum absolute atomic E-state index is 11.8. The van der Waals surface area contributed by atoms with Gasteiger partial charge in [-0.3, -0.25) is 14.5 Å². The summed E-state index contributed by atoms with van der Waals surface area (Å²) in [4.78, 5) is 26.8. The van der Waals surface area contributed by atoms with E-state index in [9.17, 15) is 9.59 Å². The summed E-state index contributed by atoms with van der Waals surface area (Å²) in [5.41, 5.74) is 0. The smallest absolute Gasteiger partial charge is 0.239 e. The highest BCUT2D eigenvalue weighted by Gasteiger charge is 2.28. The van der Waals surface area contributed by atoms with E-state index in [-0.39, 0.29) is 18.4 Å². The van der Waals surface area contributed by atoms with Crippen molar-refractivity contribution in [3.8, 4) is 0 Å². The quantitative estimate of drug-likeness (QED) is 0.686. The van der Waals surface area contributed by atoms with E-state index in [0.717, 1.165) is 6.42 Å². The third-order valence-corrected chi connectivity index (χ3v) is 2.93. The third-order valence-electron chi connectivity index (χ3n) is 2.93. The van der Waals surface area contributed by atoms with E-state index in [4.69, 9.17) is 0 Å². The molecule has 1 aliphatic carbocycles. The van der Waals surface area contributed by atoms with Crippen molar-refractivity contribution in [2.45, 2.75) is 32.2 Å². The predicted molar refractivity (Wildman–Crippen MR) is 66.6 cm³/mol. The average molecular weight is 241 g/mol. The van der Waals surface area contributed by atoms with Crippen LogP contribution in [0, 0.1) is 0 Å². The molecule has 0 bridgehead atoms. The first-order valence-corrected chi connectivity index (χ1v) is 6.25. The molecule has 5 nitrogen and oxygen atoms in total. The van der Waals surface area contributed by atoms with Crippen LogP contribution in [0.4, 0.5) is 0 Å². The predicted octanol–water partition coefficient (Wildman–Crippen LogP) is 0.0652. The molecule has 1 fully saturated rings. The summed E-state index contributed by atoms with van der Waals surface area (Å²) in [5.74, 6) is -0.0807. The summed E-state index contributed by atoms with van der Waals surface area (Å²) in [6.07, 6.45) is 3.28. The Morgan fingerprint density at radius 1 is 1.24 bits per heavy atom. The van der Waals surface area contributed by atoms with E-state index in [1.807, 2.05) is 14.0 Å². The van der Waals surface area contributed by atoms with Crippen LogP contribution in [0.25, 0.3) is 0 Å². The second kappa shape index (κ2) is 6.59. The van der Waals surface area contributed by atoms with Crippen molar-refractivity contribution in [3.05, 3.63) is 0 Å². The Morgan fingerprint density at radius 2 is 1.88 bits per heavy atom. The normalized spacial score (nSPS) is 14.8. The van der Waals surface area contributed by atoms with Gasteiger partial charge in [0.25, 0.3) is 0 Å². The van der Waals surface area contributed by atoms with Crippen molar-refractivity contribution in [3.63, 3.8) is 0 Å². The Morgan fingerprint density at radius 3 is 2.41 bits per heavy atom. The number of likely N-dealkylation sites (N-methyl/N-ethyl adjacent to an activating group) is 2. The standard InChI is InChI=1S/C12H23N3O2/c1-4-7-13-11(16)8-15(3)12(17)9-14(2)10-5-6-10/h10H,4-9H2,1-3H3,(H,13,16). The molecule has 0 aromatic rings. The van der Waals surface area contributed by atoms with Gasteiger partial charge in [-0.1, -0.05) is 6.92 Å². The lowest BCUT2D eigenvalue weighted by Gasteiger charge is -2.21. The lowest BCUT2D eigenvalue weighted by atomic mass is 10.4. The Balaban J connectivity index is 2.23. The number of carbonyl (C=O) groups excluding carboxylic acids is 2. The van der Waals surface area contributed by atoms with Crippen molar-refractivity contribution >= 4 is 11.8 Å². The molecule has 1 aliphatic rings. The largest absolute Gasteiger partial charge is 0.355 e. The van der Waals surface area contributed by atoms with Gasteiger partial charge in [0.1, 0.15) is 0 Å². The molecule has 1 rings (SSSR count). The van der Waals surface area contributed by atoms with Crippen LogP contribution in [0.5, 0.6) is 0 Å². The first-order valence-electron chi connectivity index (χ1n) is 6.25. The van der Waals surface area contributed by atoms with Crippen LogP contribution >= 0.6 is 0 Å². The van der Waals surface area contributed by atoms with Crippen LogP contribution in [-0.2, 0) is 9.59 Å². The van der Waals surface area contributed by atoms with Crippen LogP contribution in [0.15, 0.2) is 0 Å². The van der Waals surface area contributed by atoms with Crippen molar-refractivity contribution in [1.29, 1.82) is 0 Å². The SMILES string of the molecule is CCCNC(=O)CN(C)C(=O)CN(C)C1CC1. The van der Waals surface area contributed by atoms with Crippen LogP contribution in [0.1, 0.15) is 26.2 Å². The number of amides is 2. The first-order chi connectivity index (χ1) is 8.04. The van der Waals surface area contributed by atoms with Gasteiger partial charge in [-0.05, 0) is 26.3 Å². The number of nitrogens with one attached hydrogen (secondary N) is 1. The van der Waals surface area contributed by atoms with Gasteiger partial charge in [0.15, 0.2) is 0 Å². The fraction of sp³-hybridized carbons (Fsp3) is 0.833. The molecule has 0 aromatic carbocycles. The van der Waals surface area contributed by atoms with E-state index in [0.29, 0.717) is 19.1 Å². The van der Waals surface area contributed by atoms with E-state index < -0.39 is 0 Å². The van der Waals surface area contributed by atoms with Gasteiger partial charge in [-0.2, -0.15) is 0 Å². The summed E-state index contributed by atoms with van der Waals surface area (Å²) in [6, 6.07) is 0.571. The molecule has 0 atom stereocenters. The molecule has 1 N–H and O–H groups in total. The molecule has 0 unspecified atom stereocenters. The topological polar surface area (TPSA) is 52.7 Å². The zero-order valence-corrected chi connectivity index (χ0v) is 11.0. The molecule has 0 aliphatic heterocycles. The Kier molecular flexibility index (Phi) is 5.41. The molecule has 5 heteroatoms. The van der Waals surface area contributed by atoms with Gasteiger partial charge >= 0.3 is 0 Å². The van der Waals surface area contributed by atoms with Crippen molar-refractivity contribution in [1.82, 2.24) is 15.1 Å². The van der Waals surface area contributed by atoms with E-state index in [2.05, 4.69) is 10.2 Å². The van der Waals surface area contributed by atoms with Crippen LogP contribution in [0.3, 0.4) is 0 Å². The molecule has 1 saturated carbocycles. The van der Waals surface area contributed by atoms with Crippen LogP contribution < -0.4 is 5.32 Å². The second-order valence-corrected chi connectivity index (χ2v) is 4.75. The monoisotopic (exact) mass is 241 g/mol. The van der Waals surface area contributed by atoms with Gasteiger partial charge in [-0.15, -0.1) is 0 Å². The Labute approximate surface area is 103 Å². The van der Waals surface area contributed by atoms with E-state index in [1.54, 1.807) is 7.05 Å². The van der Waals surface area contributed by atoms with Gasteiger partial charge in [0.2, 0.25) is 11.8 Å². The molecule has 0 heterocycles. The number of rotatable bonds is 7. The first kappa shape index (κ1) is 14.0. The molecular weight excluding hydrogens is 218 g/mol. The zero-order valence-electron chi connectivity index (χ0n) is 11.0. The number of carbonyl (C=O) groups is 2. The molecule has 0 radical (unpaired) electrons. The van der Waals surface area contributed by atoms with Crippen molar-refractivity contribution in [2.24, 2.45) is 0 Å². The fourth-order valence-corrected chi connectivity index (χ4v) is 1.60. The van der Waals surface area contributed by atoms with Crippen LogP contribution in [-0.4, -0.2) is 61.4 Å². The Hall–Kier alpha value is -1.10. The zero-order chi connectivity index (χ0) is 12.8. The maximum atomic E-state index is 11.8. The van der Waals surface area contributed by atoms with Gasteiger partial charge in [0.05, 0.1) is 13.1 Å². The van der Waals surface area contributed by atoms with Gasteiger partial charge < -0.3 is 10.2 Å². The minimum atomic E-state index is -0.0863. The average Bonchev–Trinajstić information content (AvgIpc) is 3.09. The third kappa shape index (κ3) is 5.17. The summed E-state index contributed by atoms with van der Waals surface area (Å²) >= 11 is 0. The lowest BCUT2D eigenvalue weighted by molar-refractivity contribution is -0.135. The second-order valence-electron chi connectivity index (χ2n) is 4.75. The number of hydrogen-bond acceptors (Lipinski definition) is 3. The summed E-state index contributed by atoms with van der Waals surface area (Å²) in [5, 5.41) is 2.76. The maximum Gasteiger partial charge on any atom is 0.239 e. The molecule has 98 valence electrons. The van der Waals surface area contributed by atoms with E-state index >= 15 is 0 Å². The summed E-state index contributed by atoms with van der Waals surface area (Å²) in [6.45, 7) is 3.22. The van der Waals surface area contributed by atoms with E-state index in [1.165, 1.54) is 17.7 Å². The summed E-state index contributed by atoms with van der Waals surface area (Å²) < 4.78 is 0. The van der Waals surface area contributed by atoms with Crippen LogP contribution in [0.2, 0.25) is 0 Å². The molecule has 0 spiro atoms. The Bertz CT molecular complexity index is 277. The summed E-state index contributed by atoms with van der Waals surface area (Å²) in [7, 11) is 3.63. The highest BCUT2D eigenvalue weighted by Crippen LogP contribution is 2.24. The van der Waals surface area contributed by atoms with Gasteiger partial charge in [0, 0.05) is 19.6 Å². The molecule has 0 saturated heterocycles. The highest BCUT2D eigenvalue weighted by molar-refractivity contribution is 5.85. The van der Waals surface area contributed by atoms with Crippen molar-refractivity contribution < 1.29 is 9.59 Å². The van der Waals surface area contributed by atoms with Gasteiger partial charge in [-0.25, -0.2) is 0 Å². The minimum Gasteiger partial charge on any atom is -0.355 e. The lowest BCUT2D eigenvalue weighted by Crippen LogP contribution is -2.42. The molecular formula is C12H23N3O2. The number of hydrogen-bond donors (Lipinski definition) is 1. The van der Waals surface area contributed by atoms with Crippen molar-refractivity contribution in [2.75, 3.05) is 33.7 Å². The molecule has 17 heavy (non-hydrogen) atoms.